The van der Waals surface area contributed by atoms with E-state index in [0.717, 1.165) is 11.1 Å². The summed E-state index contributed by atoms with van der Waals surface area (Å²) in [5, 5.41) is 15.0. The van der Waals surface area contributed by atoms with Gasteiger partial charge in [0.15, 0.2) is 0 Å². The van der Waals surface area contributed by atoms with Gasteiger partial charge < -0.3 is 5.32 Å². The van der Waals surface area contributed by atoms with Crippen molar-refractivity contribution in [3.8, 4) is 23.2 Å². The smallest absolute Gasteiger partial charge is 0.248 e. The van der Waals surface area contributed by atoms with Crippen molar-refractivity contribution in [1.29, 1.82) is 0 Å². The molecule has 0 radical (unpaired) electrons. The Hall–Kier alpha value is -4.31. The second-order valence-electron chi connectivity index (χ2n) is 6.10. The number of pyridine rings is 1. The largest absolute Gasteiger partial charge is 0.324 e. The highest BCUT2D eigenvalue weighted by Gasteiger charge is 2.09. The third-order valence-corrected chi connectivity index (χ3v) is 3.92. The van der Waals surface area contributed by atoms with Crippen molar-refractivity contribution in [2.24, 2.45) is 0 Å². The number of nitrogens with one attached hydrogen (secondary N) is 1. The molecule has 0 saturated carbocycles. The van der Waals surface area contributed by atoms with Gasteiger partial charge in [-0.1, -0.05) is 48.4 Å². The Balaban J connectivity index is 1.40. The Kier molecular flexibility index (Phi) is 5.35. The number of hydrogen-bond donors (Lipinski definition) is 1. The minimum Gasteiger partial charge on any atom is -0.324 e. The molecule has 0 fully saturated rings. The van der Waals surface area contributed by atoms with E-state index in [2.05, 4.69) is 37.6 Å². The van der Waals surface area contributed by atoms with E-state index in [9.17, 15) is 4.79 Å². The van der Waals surface area contributed by atoms with Gasteiger partial charge in [-0.15, -0.1) is 10.2 Å². The average molecular weight is 380 g/mol. The Morgan fingerprint density at radius 3 is 2.66 bits per heavy atom. The van der Waals surface area contributed by atoms with Crippen molar-refractivity contribution in [2.45, 2.75) is 6.54 Å². The maximum absolute atomic E-state index is 12.3. The zero-order chi connectivity index (χ0) is 19.9. The highest BCUT2D eigenvalue weighted by molar-refractivity contribution is 5.90. The number of nitrogens with zero attached hydrogens (tertiary/aromatic N) is 5. The van der Waals surface area contributed by atoms with Gasteiger partial charge in [0, 0.05) is 23.0 Å². The molecule has 0 aliphatic heterocycles. The molecule has 2 heterocycles. The number of amides is 1. The van der Waals surface area contributed by atoms with Gasteiger partial charge in [-0.3, -0.25) is 4.79 Å². The fourth-order valence-electron chi connectivity index (χ4n) is 2.59. The molecule has 4 aromatic rings. The highest BCUT2D eigenvalue weighted by atomic mass is 16.2. The van der Waals surface area contributed by atoms with E-state index in [4.69, 9.17) is 0 Å². The molecule has 0 aliphatic carbocycles. The van der Waals surface area contributed by atoms with Gasteiger partial charge in [0.2, 0.25) is 11.7 Å². The molecule has 140 valence electrons. The molecule has 0 atom stereocenters. The summed E-state index contributed by atoms with van der Waals surface area (Å²) in [5.74, 6) is 6.26. The first kappa shape index (κ1) is 18.1. The van der Waals surface area contributed by atoms with Crippen molar-refractivity contribution < 1.29 is 4.79 Å². The fourth-order valence-corrected chi connectivity index (χ4v) is 2.59. The molecule has 1 amide bonds. The van der Waals surface area contributed by atoms with Crippen LogP contribution in [0.4, 0.5) is 5.69 Å². The van der Waals surface area contributed by atoms with E-state index < -0.39 is 0 Å². The van der Waals surface area contributed by atoms with Crippen LogP contribution in [0, 0.1) is 11.8 Å². The second kappa shape index (κ2) is 8.59. The van der Waals surface area contributed by atoms with E-state index in [1.807, 2.05) is 60.7 Å². The lowest BCUT2D eigenvalue weighted by molar-refractivity contribution is -0.117. The number of anilines is 1. The predicted octanol–water partition coefficient (Wildman–Crippen LogP) is 2.77. The van der Waals surface area contributed by atoms with Crippen LogP contribution < -0.4 is 5.32 Å². The molecule has 2 aromatic carbocycles. The molecule has 0 unspecified atom stereocenters. The molecule has 7 heteroatoms. The zero-order valence-corrected chi connectivity index (χ0v) is 15.4. The first-order chi connectivity index (χ1) is 14.3. The molecule has 29 heavy (non-hydrogen) atoms. The van der Waals surface area contributed by atoms with Crippen LogP contribution in [0.5, 0.6) is 0 Å². The fraction of sp³-hybridized carbons (Fsp3) is 0.0455. The Bertz CT molecular complexity index is 1180. The molecule has 0 bridgehead atoms. The summed E-state index contributed by atoms with van der Waals surface area (Å²) in [7, 11) is 0. The SMILES string of the molecule is O=C(Cn1nnc(-c2ccccc2)n1)Nc1cccc(C#Cc2ccccn2)c1. The normalized spacial score (nSPS) is 10.1. The third kappa shape index (κ3) is 4.90. The van der Waals surface area contributed by atoms with Crippen LogP contribution in [0.2, 0.25) is 0 Å². The molecule has 7 nitrogen and oxygen atoms in total. The van der Waals surface area contributed by atoms with E-state index in [0.29, 0.717) is 17.2 Å². The second-order valence-corrected chi connectivity index (χ2v) is 6.10. The third-order valence-electron chi connectivity index (χ3n) is 3.92. The summed E-state index contributed by atoms with van der Waals surface area (Å²) >= 11 is 0. The number of benzene rings is 2. The molecule has 1 N–H and O–H groups in total. The van der Waals surface area contributed by atoms with Gasteiger partial charge in [0.25, 0.3) is 0 Å². The molecule has 0 saturated heterocycles. The van der Waals surface area contributed by atoms with Crippen molar-refractivity contribution in [3.05, 3.63) is 90.3 Å². The number of aromatic nitrogens is 5. The Morgan fingerprint density at radius 1 is 0.966 bits per heavy atom. The quantitative estimate of drug-likeness (QED) is 0.550. The van der Waals surface area contributed by atoms with Crippen LogP contribution in [0.3, 0.4) is 0 Å². The zero-order valence-electron chi connectivity index (χ0n) is 15.4. The average Bonchev–Trinajstić information content (AvgIpc) is 3.22. The minimum absolute atomic E-state index is 0.0380. The molecule has 0 aliphatic rings. The number of rotatable bonds is 4. The lowest BCUT2D eigenvalue weighted by Gasteiger charge is -2.04. The minimum atomic E-state index is -0.253. The summed E-state index contributed by atoms with van der Waals surface area (Å²) < 4.78 is 0. The van der Waals surface area contributed by atoms with Gasteiger partial charge in [-0.25, -0.2) is 4.98 Å². The number of carbonyl (C=O) groups is 1. The van der Waals surface area contributed by atoms with E-state index in [-0.39, 0.29) is 12.5 Å². The summed E-state index contributed by atoms with van der Waals surface area (Å²) in [5.41, 5.74) is 2.96. The standard InChI is InChI=1S/C22H16N6O/c29-21(16-28-26-22(25-27-28)18-8-2-1-3-9-18)24-20-11-6-7-17(15-20)12-13-19-10-4-5-14-23-19/h1-11,14-15H,16H2,(H,24,29). The van der Waals surface area contributed by atoms with Gasteiger partial charge in [-0.05, 0) is 41.5 Å². The van der Waals surface area contributed by atoms with Crippen molar-refractivity contribution in [1.82, 2.24) is 25.2 Å². The number of hydrogen-bond acceptors (Lipinski definition) is 5. The van der Waals surface area contributed by atoms with Crippen molar-refractivity contribution in [2.75, 3.05) is 5.32 Å². The van der Waals surface area contributed by atoms with Crippen LogP contribution >= 0.6 is 0 Å². The maximum atomic E-state index is 12.3. The molecule has 2 aromatic heterocycles. The summed E-state index contributed by atoms with van der Waals surface area (Å²) in [6.45, 7) is -0.0380. The Labute approximate surface area is 167 Å². The van der Waals surface area contributed by atoms with Crippen LogP contribution in [-0.4, -0.2) is 31.1 Å². The summed E-state index contributed by atoms with van der Waals surface area (Å²) in [6, 6.07) is 22.4. The van der Waals surface area contributed by atoms with Crippen LogP contribution in [-0.2, 0) is 11.3 Å². The predicted molar refractivity (Wildman–Crippen MR) is 109 cm³/mol. The van der Waals surface area contributed by atoms with E-state index in [1.54, 1.807) is 18.3 Å². The Morgan fingerprint density at radius 2 is 1.83 bits per heavy atom. The molecule has 4 rings (SSSR count). The lowest BCUT2D eigenvalue weighted by Crippen LogP contribution is -2.20. The van der Waals surface area contributed by atoms with Crippen LogP contribution in [0.1, 0.15) is 11.3 Å². The van der Waals surface area contributed by atoms with Gasteiger partial charge >= 0.3 is 0 Å². The summed E-state index contributed by atoms with van der Waals surface area (Å²) in [6.07, 6.45) is 1.70. The monoisotopic (exact) mass is 380 g/mol. The van der Waals surface area contributed by atoms with Crippen LogP contribution in [0.15, 0.2) is 79.0 Å². The molecular weight excluding hydrogens is 364 g/mol. The number of carbonyl (C=O) groups excluding carboxylic acids is 1. The summed E-state index contributed by atoms with van der Waals surface area (Å²) in [4.78, 5) is 17.8. The van der Waals surface area contributed by atoms with Gasteiger partial charge in [-0.2, -0.15) is 4.80 Å². The maximum Gasteiger partial charge on any atom is 0.248 e. The van der Waals surface area contributed by atoms with Gasteiger partial charge in [0.05, 0.1) is 0 Å². The number of tetrazole rings is 1. The van der Waals surface area contributed by atoms with E-state index >= 15 is 0 Å². The van der Waals surface area contributed by atoms with Gasteiger partial charge in [0.1, 0.15) is 12.2 Å². The first-order valence-corrected chi connectivity index (χ1v) is 8.92. The van der Waals surface area contributed by atoms with Crippen LogP contribution in [0.25, 0.3) is 11.4 Å². The van der Waals surface area contributed by atoms with Crippen molar-refractivity contribution >= 4 is 11.6 Å². The topological polar surface area (TPSA) is 85.6 Å². The van der Waals surface area contributed by atoms with Crippen molar-refractivity contribution in [3.63, 3.8) is 0 Å². The molecule has 0 spiro atoms. The molecular formula is C22H16N6O. The lowest BCUT2D eigenvalue weighted by atomic mass is 10.2. The highest BCUT2D eigenvalue weighted by Crippen LogP contribution is 2.12. The first-order valence-electron chi connectivity index (χ1n) is 8.92. The van der Waals surface area contributed by atoms with E-state index in [1.165, 1.54) is 4.80 Å².